The molecule has 1 fully saturated rings. The number of hydrogen-bond donors (Lipinski definition) is 2. The van der Waals surface area contributed by atoms with Gasteiger partial charge in [0.05, 0.1) is 16.5 Å². The summed E-state index contributed by atoms with van der Waals surface area (Å²) < 4.78 is 0. The summed E-state index contributed by atoms with van der Waals surface area (Å²) >= 11 is 0. The molecule has 124 valence electrons. The van der Waals surface area contributed by atoms with E-state index in [1.807, 2.05) is 6.92 Å². The van der Waals surface area contributed by atoms with Gasteiger partial charge in [-0.15, -0.1) is 0 Å². The first-order valence-corrected chi connectivity index (χ1v) is 7.31. The van der Waals surface area contributed by atoms with Crippen LogP contribution in [0.1, 0.15) is 18.9 Å². The van der Waals surface area contributed by atoms with Crippen molar-refractivity contribution in [2.45, 2.75) is 20.3 Å². The van der Waals surface area contributed by atoms with Crippen LogP contribution in [0, 0.1) is 28.9 Å². The molecule has 2 rings (SSSR count). The molecule has 1 aromatic carbocycles. The minimum Gasteiger partial charge on any atom is -0.481 e. The molecule has 1 aromatic rings. The number of rotatable bonds is 3. The Hall–Kier alpha value is -2.64. The molecule has 2 N–H and O–H groups in total. The van der Waals surface area contributed by atoms with Crippen molar-refractivity contribution < 1.29 is 19.6 Å². The minimum absolute atomic E-state index is 0.0850. The average molecular weight is 321 g/mol. The molecule has 1 heterocycles. The summed E-state index contributed by atoms with van der Waals surface area (Å²) in [5.74, 6) is -1.42. The number of likely N-dealkylation sites (tertiary alicyclic amines) is 1. The van der Waals surface area contributed by atoms with E-state index in [2.05, 4.69) is 5.32 Å². The third-order valence-electron chi connectivity index (χ3n) is 3.97. The number of amides is 2. The number of aliphatic carboxylic acids is 1. The fraction of sp³-hybridized carbons (Fsp3) is 0.467. The fourth-order valence-corrected chi connectivity index (χ4v) is 2.75. The first-order chi connectivity index (χ1) is 10.8. The van der Waals surface area contributed by atoms with Crippen LogP contribution in [0.3, 0.4) is 0 Å². The number of nitrogens with one attached hydrogen (secondary N) is 1. The second kappa shape index (κ2) is 6.64. The van der Waals surface area contributed by atoms with Gasteiger partial charge in [-0.05, 0) is 24.8 Å². The zero-order valence-electron chi connectivity index (χ0n) is 13.0. The molecule has 2 amide bonds. The summed E-state index contributed by atoms with van der Waals surface area (Å²) in [5.41, 5.74) is 0.944. The lowest BCUT2D eigenvalue weighted by molar-refractivity contribution is -0.384. The number of carbonyl (C=O) groups excluding carboxylic acids is 1. The standard InChI is InChI=1S/C15H19N3O5/c1-9-5-11(14(19)20)8-17(7-9)15(21)16-13-6-12(18(22)23)4-3-10(13)2/h3-4,6,9,11H,5,7-8H2,1-2H3,(H,16,21)(H,19,20). The van der Waals surface area contributed by atoms with E-state index in [4.69, 9.17) is 5.11 Å². The van der Waals surface area contributed by atoms with E-state index in [1.165, 1.54) is 17.0 Å². The van der Waals surface area contributed by atoms with Gasteiger partial charge < -0.3 is 15.3 Å². The summed E-state index contributed by atoms with van der Waals surface area (Å²) in [6.45, 7) is 4.23. The molecular weight excluding hydrogens is 302 g/mol. The lowest BCUT2D eigenvalue weighted by Crippen LogP contribution is -2.47. The Morgan fingerprint density at radius 2 is 2.09 bits per heavy atom. The first-order valence-electron chi connectivity index (χ1n) is 7.31. The fourth-order valence-electron chi connectivity index (χ4n) is 2.75. The molecule has 2 unspecified atom stereocenters. The molecular formula is C15H19N3O5. The van der Waals surface area contributed by atoms with Crippen LogP contribution in [0.2, 0.25) is 0 Å². The van der Waals surface area contributed by atoms with Crippen LogP contribution in [0.15, 0.2) is 18.2 Å². The van der Waals surface area contributed by atoms with Gasteiger partial charge in [-0.25, -0.2) is 4.79 Å². The predicted molar refractivity (Wildman–Crippen MR) is 83.3 cm³/mol. The highest BCUT2D eigenvalue weighted by molar-refractivity contribution is 5.91. The molecule has 0 spiro atoms. The van der Waals surface area contributed by atoms with Gasteiger partial charge in [0.2, 0.25) is 0 Å². The number of nitro groups is 1. The average Bonchev–Trinajstić information content (AvgIpc) is 2.48. The van der Waals surface area contributed by atoms with E-state index in [0.717, 1.165) is 0 Å². The number of carboxylic acids is 1. The Balaban J connectivity index is 2.13. The van der Waals surface area contributed by atoms with Gasteiger partial charge >= 0.3 is 12.0 Å². The van der Waals surface area contributed by atoms with Crippen LogP contribution in [-0.4, -0.2) is 40.0 Å². The normalized spacial score (nSPS) is 20.9. The Bertz CT molecular complexity index is 646. The zero-order chi connectivity index (χ0) is 17.1. The molecule has 1 aliphatic rings. The van der Waals surface area contributed by atoms with Crippen molar-refractivity contribution in [2.75, 3.05) is 18.4 Å². The van der Waals surface area contributed by atoms with Gasteiger partial charge in [-0.1, -0.05) is 13.0 Å². The summed E-state index contributed by atoms with van der Waals surface area (Å²) in [6, 6.07) is 3.79. The molecule has 0 aliphatic carbocycles. The van der Waals surface area contributed by atoms with Crippen molar-refractivity contribution in [3.63, 3.8) is 0 Å². The molecule has 23 heavy (non-hydrogen) atoms. The molecule has 0 saturated carbocycles. The third kappa shape index (κ3) is 3.97. The second-order valence-corrected chi connectivity index (χ2v) is 5.97. The number of carboxylic acid groups (broad SMARTS) is 1. The quantitative estimate of drug-likeness (QED) is 0.656. The van der Waals surface area contributed by atoms with Crippen molar-refractivity contribution in [3.05, 3.63) is 33.9 Å². The van der Waals surface area contributed by atoms with Gasteiger partial charge in [-0.2, -0.15) is 0 Å². The van der Waals surface area contributed by atoms with Crippen molar-refractivity contribution in [1.82, 2.24) is 4.90 Å². The molecule has 0 radical (unpaired) electrons. The van der Waals surface area contributed by atoms with E-state index in [-0.39, 0.29) is 18.2 Å². The third-order valence-corrected chi connectivity index (χ3v) is 3.97. The van der Waals surface area contributed by atoms with Crippen LogP contribution in [-0.2, 0) is 4.79 Å². The van der Waals surface area contributed by atoms with Crippen molar-refractivity contribution in [2.24, 2.45) is 11.8 Å². The van der Waals surface area contributed by atoms with E-state index in [1.54, 1.807) is 13.0 Å². The smallest absolute Gasteiger partial charge is 0.321 e. The second-order valence-electron chi connectivity index (χ2n) is 5.97. The molecule has 8 nitrogen and oxygen atoms in total. The maximum absolute atomic E-state index is 12.4. The number of aryl methyl sites for hydroxylation is 1. The Kier molecular flexibility index (Phi) is 4.83. The summed E-state index contributed by atoms with van der Waals surface area (Å²) in [6.07, 6.45) is 0.537. The topological polar surface area (TPSA) is 113 Å². The highest BCUT2D eigenvalue weighted by Crippen LogP contribution is 2.25. The maximum Gasteiger partial charge on any atom is 0.321 e. The molecule has 0 aromatic heterocycles. The van der Waals surface area contributed by atoms with Gasteiger partial charge in [0, 0.05) is 25.2 Å². The van der Waals surface area contributed by atoms with Gasteiger partial charge in [0.25, 0.3) is 5.69 Å². The summed E-state index contributed by atoms with van der Waals surface area (Å²) in [7, 11) is 0. The Labute approximate surface area is 133 Å². The number of urea groups is 1. The lowest BCUT2D eigenvalue weighted by Gasteiger charge is -2.34. The van der Waals surface area contributed by atoms with Gasteiger partial charge in [0.15, 0.2) is 0 Å². The highest BCUT2D eigenvalue weighted by atomic mass is 16.6. The van der Waals surface area contributed by atoms with Gasteiger partial charge in [-0.3, -0.25) is 14.9 Å². The van der Waals surface area contributed by atoms with E-state index >= 15 is 0 Å². The number of anilines is 1. The SMILES string of the molecule is Cc1ccc([N+](=O)[O-])cc1NC(=O)N1CC(C)CC(C(=O)O)C1. The van der Waals surface area contributed by atoms with E-state index in [9.17, 15) is 19.7 Å². The number of piperidine rings is 1. The zero-order valence-corrected chi connectivity index (χ0v) is 13.0. The molecule has 2 atom stereocenters. The molecule has 8 heteroatoms. The van der Waals surface area contributed by atoms with E-state index < -0.39 is 22.8 Å². The first kappa shape index (κ1) is 16.7. The number of nitrogens with zero attached hydrogens (tertiary/aromatic N) is 2. The van der Waals surface area contributed by atoms with E-state index in [0.29, 0.717) is 24.2 Å². The van der Waals surface area contributed by atoms with Crippen LogP contribution < -0.4 is 5.32 Å². The molecule has 1 saturated heterocycles. The predicted octanol–water partition coefficient (Wildman–Crippen LogP) is 2.48. The summed E-state index contributed by atoms with van der Waals surface area (Å²) in [4.78, 5) is 35.3. The Morgan fingerprint density at radius 1 is 1.39 bits per heavy atom. The Morgan fingerprint density at radius 3 is 2.70 bits per heavy atom. The lowest BCUT2D eigenvalue weighted by atomic mass is 9.91. The monoisotopic (exact) mass is 321 g/mol. The number of non-ortho nitro benzene ring substituents is 1. The highest BCUT2D eigenvalue weighted by Gasteiger charge is 2.32. The van der Waals surface area contributed by atoms with Crippen LogP contribution in [0.25, 0.3) is 0 Å². The largest absolute Gasteiger partial charge is 0.481 e. The van der Waals surface area contributed by atoms with Crippen molar-refractivity contribution >= 4 is 23.4 Å². The number of nitro benzene ring substituents is 1. The van der Waals surface area contributed by atoms with Crippen LogP contribution in [0.5, 0.6) is 0 Å². The van der Waals surface area contributed by atoms with Crippen molar-refractivity contribution in [3.8, 4) is 0 Å². The number of benzene rings is 1. The molecule has 1 aliphatic heterocycles. The minimum atomic E-state index is -0.916. The maximum atomic E-state index is 12.4. The molecule has 0 bridgehead atoms. The number of carbonyl (C=O) groups is 2. The van der Waals surface area contributed by atoms with Crippen LogP contribution >= 0.6 is 0 Å². The number of hydrogen-bond acceptors (Lipinski definition) is 4. The van der Waals surface area contributed by atoms with Crippen molar-refractivity contribution in [1.29, 1.82) is 0 Å². The summed E-state index contributed by atoms with van der Waals surface area (Å²) in [5, 5.41) is 22.6. The van der Waals surface area contributed by atoms with Crippen LogP contribution in [0.4, 0.5) is 16.2 Å². The van der Waals surface area contributed by atoms with Gasteiger partial charge in [0.1, 0.15) is 0 Å².